The minimum Gasteiger partial charge on any atom is -0.478 e. The second-order valence-electron chi connectivity index (χ2n) is 6.79. The minimum absolute atomic E-state index is 0.401. The summed E-state index contributed by atoms with van der Waals surface area (Å²) in [4.78, 5) is 14.0. The Kier molecular flexibility index (Phi) is 6.67. The lowest BCUT2D eigenvalue weighted by Crippen LogP contribution is -2.43. The van der Waals surface area contributed by atoms with Crippen LogP contribution in [-0.4, -0.2) is 41.7 Å². The van der Waals surface area contributed by atoms with Gasteiger partial charge in [-0.15, -0.1) is 0 Å². The number of hydrogen-bond acceptors (Lipinski definition) is 3. The number of nitrogens with one attached hydrogen (secondary N) is 1. The molecule has 3 rings (SSSR count). The van der Waals surface area contributed by atoms with Crippen molar-refractivity contribution in [3.8, 4) is 0 Å². The van der Waals surface area contributed by atoms with Crippen LogP contribution in [0.4, 0.5) is 0 Å². The predicted octanol–water partition coefficient (Wildman–Crippen LogP) is 3.83. The quantitative estimate of drug-likeness (QED) is 0.775. The molecule has 1 saturated heterocycles. The Morgan fingerprint density at radius 1 is 1.12 bits per heavy atom. The normalized spacial score (nSPS) is 15.3. The molecular weight excluding hydrogens is 348 g/mol. The van der Waals surface area contributed by atoms with Gasteiger partial charge in [0.15, 0.2) is 0 Å². The van der Waals surface area contributed by atoms with Crippen LogP contribution in [0.3, 0.4) is 0 Å². The molecule has 5 heteroatoms. The number of halogens is 1. The first-order valence-electron chi connectivity index (χ1n) is 9.14. The topological polar surface area (TPSA) is 52.6 Å². The van der Waals surface area contributed by atoms with E-state index in [0.29, 0.717) is 18.2 Å². The number of rotatable bonds is 7. The van der Waals surface area contributed by atoms with Crippen LogP contribution in [0, 0.1) is 0 Å². The molecule has 1 aliphatic rings. The molecule has 0 aromatic heterocycles. The first kappa shape index (κ1) is 18.9. The van der Waals surface area contributed by atoms with Crippen LogP contribution >= 0.6 is 11.6 Å². The molecule has 0 spiro atoms. The summed E-state index contributed by atoms with van der Waals surface area (Å²) in [6.07, 6.45) is 3.11. The van der Waals surface area contributed by atoms with E-state index in [2.05, 4.69) is 22.3 Å². The minimum atomic E-state index is -0.858. The molecular formula is C21H25ClN2O2. The summed E-state index contributed by atoms with van der Waals surface area (Å²) in [5, 5.41) is 13.6. The van der Waals surface area contributed by atoms with E-state index in [9.17, 15) is 9.90 Å². The van der Waals surface area contributed by atoms with Gasteiger partial charge in [0.25, 0.3) is 0 Å². The van der Waals surface area contributed by atoms with E-state index in [-0.39, 0.29) is 0 Å². The van der Waals surface area contributed by atoms with Crippen molar-refractivity contribution < 1.29 is 9.90 Å². The fourth-order valence-corrected chi connectivity index (χ4v) is 3.70. The first-order valence-corrected chi connectivity index (χ1v) is 9.51. The molecule has 0 atom stereocenters. The Hall–Kier alpha value is -1.88. The summed E-state index contributed by atoms with van der Waals surface area (Å²) in [7, 11) is 0. The molecule has 26 heavy (non-hydrogen) atoms. The zero-order valence-corrected chi connectivity index (χ0v) is 15.6. The lowest BCUT2D eigenvalue weighted by molar-refractivity contribution is 0.0693. The molecule has 1 fully saturated rings. The van der Waals surface area contributed by atoms with Crippen LogP contribution in [0.5, 0.6) is 0 Å². The molecule has 138 valence electrons. The van der Waals surface area contributed by atoms with Crippen molar-refractivity contribution in [1.29, 1.82) is 0 Å². The molecule has 1 aliphatic heterocycles. The number of carboxylic acids is 1. The maximum Gasteiger partial charge on any atom is 0.336 e. The molecule has 2 aromatic carbocycles. The van der Waals surface area contributed by atoms with Crippen LogP contribution in [-0.2, 0) is 13.0 Å². The zero-order chi connectivity index (χ0) is 18.4. The van der Waals surface area contributed by atoms with E-state index in [0.717, 1.165) is 49.5 Å². The Morgan fingerprint density at radius 2 is 1.81 bits per heavy atom. The number of carbonyl (C=O) groups is 1. The third-order valence-electron chi connectivity index (χ3n) is 5.05. The number of hydrogen-bond donors (Lipinski definition) is 2. The molecule has 1 heterocycles. The van der Waals surface area contributed by atoms with Gasteiger partial charge in [0.2, 0.25) is 0 Å². The average Bonchev–Trinajstić information content (AvgIpc) is 2.67. The van der Waals surface area contributed by atoms with E-state index < -0.39 is 5.97 Å². The summed E-state index contributed by atoms with van der Waals surface area (Å²) >= 11 is 5.98. The summed E-state index contributed by atoms with van der Waals surface area (Å²) in [6, 6.07) is 15.8. The van der Waals surface area contributed by atoms with E-state index in [1.54, 1.807) is 12.1 Å². The summed E-state index contributed by atoms with van der Waals surface area (Å²) in [6.45, 7) is 3.60. The smallest absolute Gasteiger partial charge is 0.336 e. The zero-order valence-electron chi connectivity index (χ0n) is 14.8. The van der Waals surface area contributed by atoms with Crippen molar-refractivity contribution in [3.63, 3.8) is 0 Å². The number of aromatic carboxylic acids is 1. The van der Waals surface area contributed by atoms with Gasteiger partial charge in [-0.25, -0.2) is 4.79 Å². The van der Waals surface area contributed by atoms with E-state index in [1.165, 1.54) is 5.56 Å². The highest BCUT2D eigenvalue weighted by molar-refractivity contribution is 6.30. The molecule has 0 unspecified atom stereocenters. The second kappa shape index (κ2) is 9.17. The maximum absolute atomic E-state index is 11.5. The highest BCUT2D eigenvalue weighted by Gasteiger charge is 2.22. The Bertz CT molecular complexity index is 727. The van der Waals surface area contributed by atoms with Gasteiger partial charge in [-0.1, -0.05) is 41.9 Å². The summed E-state index contributed by atoms with van der Waals surface area (Å²) in [5.74, 6) is -0.858. The summed E-state index contributed by atoms with van der Waals surface area (Å²) in [5.41, 5.74) is 2.53. The van der Waals surface area contributed by atoms with Gasteiger partial charge in [0.05, 0.1) is 5.56 Å². The van der Waals surface area contributed by atoms with Gasteiger partial charge < -0.3 is 10.4 Å². The van der Waals surface area contributed by atoms with Crippen LogP contribution < -0.4 is 5.32 Å². The van der Waals surface area contributed by atoms with Crippen molar-refractivity contribution in [1.82, 2.24) is 10.2 Å². The molecule has 0 saturated carbocycles. The van der Waals surface area contributed by atoms with E-state index in [1.807, 2.05) is 24.3 Å². The Balaban J connectivity index is 1.74. The first-order chi connectivity index (χ1) is 12.6. The van der Waals surface area contributed by atoms with Gasteiger partial charge in [-0.2, -0.15) is 0 Å². The molecule has 4 nitrogen and oxygen atoms in total. The third-order valence-corrected chi connectivity index (χ3v) is 5.30. The van der Waals surface area contributed by atoms with Gasteiger partial charge in [0, 0.05) is 24.2 Å². The largest absolute Gasteiger partial charge is 0.478 e. The second-order valence-corrected chi connectivity index (χ2v) is 7.23. The monoisotopic (exact) mass is 372 g/mol. The van der Waals surface area contributed by atoms with Crippen LogP contribution in [0.15, 0.2) is 48.5 Å². The fraction of sp³-hybridized carbons (Fsp3) is 0.381. The van der Waals surface area contributed by atoms with E-state index in [4.69, 9.17) is 11.6 Å². The molecule has 0 bridgehead atoms. The van der Waals surface area contributed by atoms with Crippen molar-refractivity contribution in [2.75, 3.05) is 19.6 Å². The molecule has 0 amide bonds. The lowest BCUT2D eigenvalue weighted by Gasteiger charge is -2.35. The molecule has 2 aromatic rings. The Labute approximate surface area is 159 Å². The van der Waals surface area contributed by atoms with Gasteiger partial charge in [-0.3, -0.25) is 4.90 Å². The van der Waals surface area contributed by atoms with Gasteiger partial charge in [-0.05, 0) is 61.7 Å². The highest BCUT2D eigenvalue weighted by atomic mass is 35.5. The SMILES string of the molecule is O=C(O)c1ccccc1CN(CCc1ccc(Cl)cc1)C1CCNCC1. The average molecular weight is 373 g/mol. The van der Waals surface area contributed by atoms with Gasteiger partial charge >= 0.3 is 5.97 Å². The molecule has 2 N–H and O–H groups in total. The van der Waals surface area contributed by atoms with Gasteiger partial charge in [0.1, 0.15) is 0 Å². The maximum atomic E-state index is 11.5. The van der Waals surface area contributed by atoms with E-state index >= 15 is 0 Å². The standard InChI is InChI=1S/C21H25ClN2O2/c22-18-7-5-16(6-8-18)11-14-24(19-9-12-23-13-10-19)15-17-3-1-2-4-20(17)21(25)26/h1-8,19,23H,9-15H2,(H,25,26). The molecule has 0 aliphatic carbocycles. The summed E-state index contributed by atoms with van der Waals surface area (Å²) < 4.78 is 0. The Morgan fingerprint density at radius 3 is 2.50 bits per heavy atom. The third kappa shape index (κ3) is 5.07. The van der Waals surface area contributed by atoms with Crippen LogP contribution in [0.1, 0.15) is 34.3 Å². The predicted molar refractivity (Wildman–Crippen MR) is 105 cm³/mol. The van der Waals surface area contributed by atoms with Crippen LogP contribution in [0.2, 0.25) is 5.02 Å². The van der Waals surface area contributed by atoms with Crippen molar-refractivity contribution in [2.24, 2.45) is 0 Å². The highest BCUT2D eigenvalue weighted by Crippen LogP contribution is 2.19. The van der Waals surface area contributed by atoms with Crippen molar-refractivity contribution in [2.45, 2.75) is 31.8 Å². The number of nitrogens with zero attached hydrogens (tertiary/aromatic N) is 1. The number of carboxylic acid groups (broad SMARTS) is 1. The fourth-order valence-electron chi connectivity index (χ4n) is 3.57. The lowest BCUT2D eigenvalue weighted by atomic mass is 10.0. The number of piperidine rings is 1. The van der Waals surface area contributed by atoms with Crippen molar-refractivity contribution in [3.05, 3.63) is 70.2 Å². The number of benzene rings is 2. The van der Waals surface area contributed by atoms with Crippen LogP contribution in [0.25, 0.3) is 0 Å². The molecule has 0 radical (unpaired) electrons. The van der Waals surface area contributed by atoms with Crippen molar-refractivity contribution >= 4 is 17.6 Å².